The minimum atomic E-state index is -0.916. The Hall–Kier alpha value is -0.770. The number of hydrogen-bond acceptors (Lipinski definition) is 5. The highest BCUT2D eigenvalue weighted by atomic mass is 79.9. The minimum absolute atomic E-state index is 0.0511. The summed E-state index contributed by atoms with van der Waals surface area (Å²) in [7, 11) is 0. The van der Waals surface area contributed by atoms with Crippen molar-refractivity contribution in [2.45, 2.75) is 6.42 Å². The second-order valence-electron chi connectivity index (χ2n) is 3.76. The van der Waals surface area contributed by atoms with Crippen molar-refractivity contribution in [3.8, 4) is 0 Å². The standard InChI is InChI=1S/C11H13Br2NO6/c12-8-9(13)11(18)14(10(8)17)2-4-20-6-5-19-3-1-7(15)16/h1-6H2,(H,15,16). The molecule has 0 aromatic heterocycles. The molecule has 0 atom stereocenters. The molecule has 0 unspecified atom stereocenters. The van der Waals surface area contributed by atoms with Gasteiger partial charge >= 0.3 is 5.97 Å². The number of aliphatic carboxylic acids is 1. The summed E-state index contributed by atoms with van der Waals surface area (Å²) in [5.74, 6) is -1.72. The lowest BCUT2D eigenvalue weighted by molar-refractivity contribution is -0.138. The average Bonchev–Trinajstić information content (AvgIpc) is 2.58. The van der Waals surface area contributed by atoms with Crippen molar-refractivity contribution in [3.05, 3.63) is 8.96 Å². The third kappa shape index (κ3) is 4.97. The molecule has 1 N–H and O–H groups in total. The van der Waals surface area contributed by atoms with E-state index >= 15 is 0 Å². The molecule has 9 heteroatoms. The van der Waals surface area contributed by atoms with E-state index in [1.165, 1.54) is 0 Å². The third-order valence-electron chi connectivity index (χ3n) is 2.35. The SMILES string of the molecule is O=C(O)CCOCCOCCN1C(=O)C(Br)=C(Br)C1=O. The summed E-state index contributed by atoms with van der Waals surface area (Å²) >= 11 is 6.05. The van der Waals surface area contributed by atoms with Gasteiger partial charge in [0.2, 0.25) is 0 Å². The molecular weight excluding hydrogens is 402 g/mol. The van der Waals surface area contributed by atoms with Gasteiger partial charge in [0.1, 0.15) is 8.96 Å². The number of carboxylic acids is 1. The highest BCUT2D eigenvalue weighted by Crippen LogP contribution is 2.28. The zero-order chi connectivity index (χ0) is 15.1. The molecule has 2 amide bonds. The molecule has 1 aliphatic heterocycles. The summed E-state index contributed by atoms with van der Waals surface area (Å²) in [6, 6.07) is 0. The topological polar surface area (TPSA) is 93.1 Å². The van der Waals surface area contributed by atoms with E-state index in [0.29, 0.717) is 0 Å². The quantitative estimate of drug-likeness (QED) is 0.444. The molecule has 0 radical (unpaired) electrons. The molecule has 1 rings (SSSR count). The van der Waals surface area contributed by atoms with Crippen molar-refractivity contribution in [1.29, 1.82) is 0 Å². The molecule has 1 aliphatic rings. The molecule has 0 saturated heterocycles. The molecular formula is C11H13Br2NO6. The lowest BCUT2D eigenvalue weighted by Gasteiger charge is -2.14. The zero-order valence-electron chi connectivity index (χ0n) is 10.4. The number of carbonyl (C=O) groups is 3. The highest BCUT2D eigenvalue weighted by molar-refractivity contribution is 9.14. The second kappa shape index (κ2) is 8.50. The van der Waals surface area contributed by atoms with E-state index in [-0.39, 0.29) is 48.4 Å². The van der Waals surface area contributed by atoms with E-state index in [2.05, 4.69) is 31.9 Å². The Balaban J connectivity index is 2.10. The fraction of sp³-hybridized carbons (Fsp3) is 0.545. The van der Waals surface area contributed by atoms with Crippen LogP contribution < -0.4 is 0 Å². The maximum atomic E-state index is 11.6. The van der Waals surface area contributed by atoms with Crippen molar-refractivity contribution >= 4 is 49.6 Å². The van der Waals surface area contributed by atoms with Gasteiger partial charge in [-0.1, -0.05) is 0 Å². The number of carbonyl (C=O) groups excluding carboxylic acids is 2. The minimum Gasteiger partial charge on any atom is -0.481 e. The van der Waals surface area contributed by atoms with Gasteiger partial charge in [0, 0.05) is 0 Å². The van der Waals surface area contributed by atoms with Crippen LogP contribution in [0.4, 0.5) is 0 Å². The Kier molecular flexibility index (Phi) is 7.35. The van der Waals surface area contributed by atoms with Crippen LogP contribution in [0.15, 0.2) is 8.96 Å². The summed E-state index contributed by atoms with van der Waals surface area (Å²) < 4.78 is 10.6. The van der Waals surface area contributed by atoms with Gasteiger partial charge < -0.3 is 14.6 Å². The Bertz CT molecular complexity index is 413. The van der Waals surface area contributed by atoms with Gasteiger partial charge in [-0.25, -0.2) is 0 Å². The lowest BCUT2D eigenvalue weighted by Crippen LogP contribution is -2.34. The molecule has 0 saturated carbocycles. The summed E-state index contributed by atoms with van der Waals surface area (Å²) in [4.78, 5) is 34.5. The van der Waals surface area contributed by atoms with Gasteiger partial charge in [-0.2, -0.15) is 0 Å². The molecule has 0 aliphatic carbocycles. The molecule has 112 valence electrons. The number of imide groups is 1. The Morgan fingerprint density at radius 2 is 1.50 bits per heavy atom. The van der Waals surface area contributed by atoms with Crippen molar-refractivity contribution in [2.75, 3.05) is 33.0 Å². The first kappa shape index (κ1) is 17.3. The predicted octanol–water partition coefficient (Wildman–Crippen LogP) is 0.865. The Morgan fingerprint density at radius 3 is 2.00 bits per heavy atom. The lowest BCUT2D eigenvalue weighted by atomic mass is 10.5. The van der Waals surface area contributed by atoms with Crippen LogP contribution in [0.25, 0.3) is 0 Å². The first-order chi connectivity index (χ1) is 9.45. The Labute approximate surface area is 132 Å². The van der Waals surface area contributed by atoms with Crippen LogP contribution in [0.2, 0.25) is 0 Å². The van der Waals surface area contributed by atoms with Crippen molar-refractivity contribution in [3.63, 3.8) is 0 Å². The van der Waals surface area contributed by atoms with E-state index in [1.54, 1.807) is 0 Å². The van der Waals surface area contributed by atoms with Crippen LogP contribution in [0.3, 0.4) is 0 Å². The molecule has 20 heavy (non-hydrogen) atoms. The first-order valence-corrected chi connectivity index (χ1v) is 7.32. The van der Waals surface area contributed by atoms with Crippen molar-refractivity contribution in [1.82, 2.24) is 4.90 Å². The van der Waals surface area contributed by atoms with Gasteiger partial charge in [-0.15, -0.1) is 0 Å². The molecule has 0 spiro atoms. The maximum Gasteiger partial charge on any atom is 0.305 e. The van der Waals surface area contributed by atoms with Crippen LogP contribution in [-0.2, 0) is 23.9 Å². The zero-order valence-corrected chi connectivity index (χ0v) is 13.6. The maximum absolute atomic E-state index is 11.6. The average molecular weight is 415 g/mol. The normalized spacial score (nSPS) is 15.4. The van der Waals surface area contributed by atoms with Crippen LogP contribution in [0.1, 0.15) is 6.42 Å². The predicted molar refractivity (Wildman–Crippen MR) is 75.5 cm³/mol. The van der Waals surface area contributed by atoms with Gasteiger partial charge in [-0.3, -0.25) is 19.3 Å². The molecule has 1 heterocycles. The largest absolute Gasteiger partial charge is 0.481 e. The highest BCUT2D eigenvalue weighted by Gasteiger charge is 2.35. The second-order valence-corrected chi connectivity index (χ2v) is 5.34. The van der Waals surface area contributed by atoms with Crippen LogP contribution >= 0.6 is 31.9 Å². The van der Waals surface area contributed by atoms with E-state index < -0.39 is 17.8 Å². The molecule has 0 aromatic carbocycles. The number of carboxylic acid groups (broad SMARTS) is 1. The fourth-order valence-electron chi connectivity index (χ4n) is 1.36. The molecule has 0 fully saturated rings. The summed E-state index contributed by atoms with van der Waals surface area (Å²) in [6.07, 6.45) is -0.0511. The molecule has 7 nitrogen and oxygen atoms in total. The van der Waals surface area contributed by atoms with E-state index in [4.69, 9.17) is 14.6 Å². The van der Waals surface area contributed by atoms with Gasteiger partial charge in [-0.05, 0) is 31.9 Å². The summed E-state index contributed by atoms with van der Waals surface area (Å²) in [5.41, 5.74) is 0. The number of halogens is 2. The van der Waals surface area contributed by atoms with E-state index in [0.717, 1.165) is 4.90 Å². The number of hydrogen-bond donors (Lipinski definition) is 1. The van der Waals surface area contributed by atoms with Crippen LogP contribution in [0.5, 0.6) is 0 Å². The van der Waals surface area contributed by atoms with E-state index in [1.807, 2.05) is 0 Å². The molecule has 0 bridgehead atoms. The van der Waals surface area contributed by atoms with Crippen LogP contribution in [-0.4, -0.2) is 60.8 Å². The number of ether oxygens (including phenoxy) is 2. The molecule has 0 aromatic rings. The number of amides is 2. The smallest absolute Gasteiger partial charge is 0.305 e. The van der Waals surface area contributed by atoms with Gasteiger partial charge in [0.05, 0.1) is 39.4 Å². The van der Waals surface area contributed by atoms with Gasteiger partial charge in [0.25, 0.3) is 11.8 Å². The first-order valence-electron chi connectivity index (χ1n) is 5.74. The van der Waals surface area contributed by atoms with Crippen molar-refractivity contribution < 1.29 is 29.0 Å². The number of nitrogens with zero attached hydrogens (tertiary/aromatic N) is 1. The summed E-state index contributed by atoms with van der Waals surface area (Å²) in [6.45, 7) is 1.01. The van der Waals surface area contributed by atoms with E-state index in [9.17, 15) is 14.4 Å². The fourth-order valence-corrected chi connectivity index (χ4v) is 2.12. The Morgan fingerprint density at radius 1 is 1.00 bits per heavy atom. The van der Waals surface area contributed by atoms with Crippen molar-refractivity contribution in [2.24, 2.45) is 0 Å². The number of rotatable bonds is 9. The third-order valence-corrected chi connectivity index (χ3v) is 4.35. The monoisotopic (exact) mass is 413 g/mol. The van der Waals surface area contributed by atoms with Crippen LogP contribution in [0, 0.1) is 0 Å². The van der Waals surface area contributed by atoms with Gasteiger partial charge in [0.15, 0.2) is 0 Å². The summed E-state index contributed by atoms with van der Waals surface area (Å²) in [5, 5.41) is 8.38.